The van der Waals surface area contributed by atoms with E-state index in [0.717, 1.165) is 16.2 Å². The largest absolute Gasteiger partial charge is 0.487 e. The molecule has 2 aliphatic rings. The van der Waals surface area contributed by atoms with Crippen molar-refractivity contribution in [3.8, 4) is 0 Å². The van der Waals surface area contributed by atoms with E-state index in [0.29, 0.717) is 12.2 Å². The third-order valence-electron chi connectivity index (χ3n) is 2.55. The SMILES string of the molecule is C=C/C=C1/C(=O)C(=O)C2=C(SCCO2)/C1=C/C. The van der Waals surface area contributed by atoms with Gasteiger partial charge >= 0.3 is 0 Å². The maximum absolute atomic E-state index is 11.9. The second-order valence-electron chi connectivity index (χ2n) is 3.53. The minimum atomic E-state index is -0.550. The Hall–Kier alpha value is -1.55. The van der Waals surface area contributed by atoms with Gasteiger partial charge in [0.2, 0.25) is 5.78 Å². The predicted octanol–water partition coefficient (Wildman–Crippen LogP) is 2.17. The van der Waals surface area contributed by atoms with Gasteiger partial charge in [-0.2, -0.15) is 0 Å². The first-order chi connectivity index (χ1) is 8.20. The summed E-state index contributed by atoms with van der Waals surface area (Å²) in [6, 6.07) is 0. The van der Waals surface area contributed by atoms with Crippen LogP contribution in [-0.4, -0.2) is 23.9 Å². The Bertz CT molecular complexity index is 495. The molecule has 88 valence electrons. The molecule has 0 fully saturated rings. The summed E-state index contributed by atoms with van der Waals surface area (Å²) in [5.41, 5.74) is 1.18. The van der Waals surface area contributed by atoms with Crippen molar-refractivity contribution < 1.29 is 14.3 Å². The number of ether oxygens (including phenoxy) is 1. The summed E-state index contributed by atoms with van der Waals surface area (Å²) < 4.78 is 5.32. The zero-order valence-electron chi connectivity index (χ0n) is 9.49. The van der Waals surface area contributed by atoms with Crippen molar-refractivity contribution in [3.63, 3.8) is 0 Å². The van der Waals surface area contributed by atoms with Crippen LogP contribution >= 0.6 is 11.8 Å². The zero-order valence-corrected chi connectivity index (χ0v) is 10.3. The van der Waals surface area contributed by atoms with E-state index in [9.17, 15) is 9.59 Å². The van der Waals surface area contributed by atoms with E-state index in [1.54, 1.807) is 17.8 Å². The smallest absolute Gasteiger partial charge is 0.269 e. The van der Waals surface area contributed by atoms with E-state index >= 15 is 0 Å². The Morgan fingerprint density at radius 3 is 2.71 bits per heavy atom. The molecular formula is C13H12O3S. The Labute approximate surface area is 104 Å². The molecule has 3 nitrogen and oxygen atoms in total. The fourth-order valence-corrected chi connectivity index (χ4v) is 2.86. The summed E-state index contributed by atoms with van der Waals surface area (Å²) >= 11 is 1.55. The summed E-state index contributed by atoms with van der Waals surface area (Å²) in [6.07, 6.45) is 4.93. The van der Waals surface area contributed by atoms with Crippen molar-refractivity contribution in [2.45, 2.75) is 6.92 Å². The molecule has 1 aliphatic carbocycles. The van der Waals surface area contributed by atoms with Gasteiger partial charge in [0.15, 0.2) is 5.76 Å². The van der Waals surface area contributed by atoms with E-state index in [-0.39, 0.29) is 5.76 Å². The van der Waals surface area contributed by atoms with Crippen molar-refractivity contribution in [1.29, 1.82) is 0 Å². The van der Waals surface area contributed by atoms with Crippen LogP contribution < -0.4 is 0 Å². The summed E-state index contributed by atoms with van der Waals surface area (Å²) in [6.45, 7) is 5.88. The van der Waals surface area contributed by atoms with E-state index < -0.39 is 11.6 Å². The highest BCUT2D eigenvalue weighted by molar-refractivity contribution is 8.03. The van der Waals surface area contributed by atoms with Gasteiger partial charge in [-0.25, -0.2) is 0 Å². The molecule has 4 heteroatoms. The van der Waals surface area contributed by atoms with Gasteiger partial charge in [-0.15, -0.1) is 11.8 Å². The molecular weight excluding hydrogens is 236 g/mol. The third kappa shape index (κ3) is 1.89. The van der Waals surface area contributed by atoms with Gasteiger partial charge in [-0.05, 0) is 12.5 Å². The van der Waals surface area contributed by atoms with Crippen LogP contribution in [0, 0.1) is 0 Å². The molecule has 0 saturated heterocycles. The van der Waals surface area contributed by atoms with Gasteiger partial charge < -0.3 is 4.74 Å². The first kappa shape index (κ1) is 11.9. The molecule has 0 amide bonds. The number of thioether (sulfide) groups is 1. The van der Waals surface area contributed by atoms with Gasteiger partial charge in [0, 0.05) is 11.3 Å². The molecule has 0 saturated carbocycles. The number of Topliss-reactive ketones (excluding diaryl/α,β-unsaturated/α-hetero) is 2. The van der Waals surface area contributed by atoms with Crippen LogP contribution in [0.4, 0.5) is 0 Å². The first-order valence-electron chi connectivity index (χ1n) is 5.29. The maximum atomic E-state index is 11.9. The lowest BCUT2D eigenvalue weighted by Gasteiger charge is -2.26. The molecule has 0 N–H and O–H groups in total. The monoisotopic (exact) mass is 248 g/mol. The van der Waals surface area contributed by atoms with Crippen LogP contribution in [0.3, 0.4) is 0 Å². The number of carbonyl (C=O) groups excluding carboxylic acids is 2. The van der Waals surface area contributed by atoms with Crippen molar-refractivity contribution in [2.75, 3.05) is 12.4 Å². The molecule has 17 heavy (non-hydrogen) atoms. The Morgan fingerprint density at radius 2 is 2.06 bits per heavy atom. The van der Waals surface area contributed by atoms with Crippen LogP contribution in [0.1, 0.15) is 6.92 Å². The Balaban J connectivity index is 2.62. The standard InChI is InChI=1S/C13H12O3S/c1-3-5-9-8(4-2)13-12(11(15)10(9)14)16-6-7-17-13/h3-5H,1,6-7H2,2H3/b8-4+,9-5+. The van der Waals surface area contributed by atoms with Crippen LogP contribution in [0.2, 0.25) is 0 Å². The molecule has 1 heterocycles. The van der Waals surface area contributed by atoms with Crippen molar-refractivity contribution >= 4 is 23.3 Å². The molecule has 0 atom stereocenters. The number of ketones is 2. The molecule has 0 aromatic carbocycles. The predicted molar refractivity (Wildman–Crippen MR) is 67.5 cm³/mol. The average molecular weight is 248 g/mol. The number of hydrogen-bond acceptors (Lipinski definition) is 4. The summed E-state index contributed by atoms with van der Waals surface area (Å²) in [4.78, 5) is 24.5. The molecule has 0 spiro atoms. The topological polar surface area (TPSA) is 43.4 Å². The number of hydrogen-bond donors (Lipinski definition) is 0. The second kappa shape index (κ2) is 4.75. The van der Waals surface area contributed by atoms with Crippen LogP contribution in [-0.2, 0) is 14.3 Å². The van der Waals surface area contributed by atoms with Crippen LogP contribution in [0.25, 0.3) is 0 Å². The molecule has 0 bridgehead atoms. The quantitative estimate of drug-likeness (QED) is 0.527. The lowest BCUT2D eigenvalue weighted by atomic mass is 9.91. The van der Waals surface area contributed by atoms with Crippen molar-refractivity contribution in [2.24, 2.45) is 0 Å². The third-order valence-corrected chi connectivity index (χ3v) is 3.61. The summed E-state index contributed by atoms with van der Waals surface area (Å²) in [5, 5.41) is 0. The molecule has 0 radical (unpaired) electrons. The molecule has 0 aromatic heterocycles. The van der Waals surface area contributed by atoms with Crippen molar-refractivity contribution in [3.05, 3.63) is 46.6 Å². The highest BCUT2D eigenvalue weighted by atomic mass is 32.2. The van der Waals surface area contributed by atoms with E-state index in [1.807, 2.05) is 13.0 Å². The fourth-order valence-electron chi connectivity index (χ4n) is 1.83. The first-order valence-corrected chi connectivity index (χ1v) is 6.28. The minimum Gasteiger partial charge on any atom is -0.487 e. The van der Waals surface area contributed by atoms with E-state index in [4.69, 9.17) is 4.74 Å². The van der Waals surface area contributed by atoms with E-state index in [1.165, 1.54) is 6.08 Å². The Kier molecular flexibility index (Phi) is 3.33. The summed E-state index contributed by atoms with van der Waals surface area (Å²) in [5.74, 6) is -0.0651. The second-order valence-corrected chi connectivity index (χ2v) is 4.64. The fraction of sp³-hybridized carbons (Fsp3) is 0.231. The maximum Gasteiger partial charge on any atom is 0.269 e. The number of allylic oxidation sites excluding steroid dienone is 6. The highest BCUT2D eigenvalue weighted by Gasteiger charge is 2.37. The van der Waals surface area contributed by atoms with Crippen molar-refractivity contribution in [1.82, 2.24) is 0 Å². The molecule has 2 rings (SSSR count). The minimum absolute atomic E-state index is 0.209. The Morgan fingerprint density at radius 1 is 1.29 bits per heavy atom. The number of rotatable bonds is 1. The van der Waals surface area contributed by atoms with Crippen LogP contribution in [0.15, 0.2) is 46.6 Å². The molecule has 0 unspecified atom stereocenters. The lowest BCUT2D eigenvalue weighted by Crippen LogP contribution is -2.29. The lowest BCUT2D eigenvalue weighted by molar-refractivity contribution is -0.134. The summed E-state index contributed by atoms with van der Waals surface area (Å²) in [7, 11) is 0. The van der Waals surface area contributed by atoms with Gasteiger partial charge in [0.05, 0.1) is 11.5 Å². The van der Waals surface area contributed by atoms with Gasteiger partial charge in [-0.1, -0.05) is 24.8 Å². The van der Waals surface area contributed by atoms with E-state index in [2.05, 4.69) is 6.58 Å². The molecule has 0 aromatic rings. The highest BCUT2D eigenvalue weighted by Crippen LogP contribution is 2.39. The molecule has 1 aliphatic heterocycles. The van der Waals surface area contributed by atoms with Gasteiger partial charge in [0.1, 0.15) is 0 Å². The van der Waals surface area contributed by atoms with Gasteiger partial charge in [-0.3, -0.25) is 9.59 Å². The van der Waals surface area contributed by atoms with Crippen LogP contribution in [0.5, 0.6) is 0 Å². The zero-order chi connectivity index (χ0) is 12.4. The number of carbonyl (C=O) groups is 2. The average Bonchev–Trinajstić information content (AvgIpc) is 2.36. The normalized spacial score (nSPS) is 25.0. The van der Waals surface area contributed by atoms with Gasteiger partial charge in [0.25, 0.3) is 5.78 Å².